The van der Waals surface area contributed by atoms with Crippen LogP contribution in [0.4, 0.5) is 4.39 Å². The topological polar surface area (TPSA) is 49.0 Å². The normalized spacial score (nSPS) is 17.4. The van der Waals surface area contributed by atoms with Crippen LogP contribution < -0.4 is 0 Å². The summed E-state index contributed by atoms with van der Waals surface area (Å²) in [6.45, 7) is 0.692. The van der Waals surface area contributed by atoms with E-state index in [0.29, 0.717) is 23.1 Å². The van der Waals surface area contributed by atoms with E-state index in [1.807, 2.05) is 23.1 Å². The molecule has 1 unspecified atom stereocenters. The molecule has 4 aromatic rings. The summed E-state index contributed by atoms with van der Waals surface area (Å²) in [5.41, 5.74) is 2.04. The van der Waals surface area contributed by atoms with Gasteiger partial charge in [-0.1, -0.05) is 18.2 Å². The van der Waals surface area contributed by atoms with Crippen LogP contribution in [0.1, 0.15) is 34.4 Å². The number of amides is 1. The molecule has 26 heavy (non-hydrogen) atoms. The molecule has 1 amide bonds. The van der Waals surface area contributed by atoms with Gasteiger partial charge < -0.3 is 9.88 Å². The first kappa shape index (κ1) is 15.5. The van der Waals surface area contributed by atoms with Crippen molar-refractivity contribution in [1.82, 2.24) is 14.9 Å². The van der Waals surface area contributed by atoms with E-state index in [0.717, 1.165) is 28.1 Å². The van der Waals surface area contributed by atoms with Gasteiger partial charge in [0.15, 0.2) is 0 Å². The molecular formula is C20H16FN3OS. The zero-order valence-electron chi connectivity index (χ0n) is 13.9. The van der Waals surface area contributed by atoms with Crippen molar-refractivity contribution in [3.8, 4) is 0 Å². The van der Waals surface area contributed by atoms with Gasteiger partial charge in [0, 0.05) is 17.4 Å². The Bertz CT molecular complexity index is 1100. The minimum atomic E-state index is -0.318. The number of halogens is 1. The highest BCUT2D eigenvalue weighted by Crippen LogP contribution is 2.37. The van der Waals surface area contributed by atoms with Crippen LogP contribution in [-0.2, 0) is 0 Å². The molecule has 130 valence electrons. The number of para-hydroxylation sites is 1. The number of rotatable bonds is 2. The SMILES string of the molecule is O=C(c1cc2c(F)cccc2[nH]1)N1CCCC1c1nc2ccccc2s1. The lowest BCUT2D eigenvalue weighted by Crippen LogP contribution is -2.30. The molecule has 1 atom stereocenters. The van der Waals surface area contributed by atoms with Crippen molar-refractivity contribution in [1.29, 1.82) is 0 Å². The smallest absolute Gasteiger partial charge is 0.270 e. The third kappa shape index (κ3) is 2.41. The number of benzene rings is 2. The summed E-state index contributed by atoms with van der Waals surface area (Å²) in [6.07, 6.45) is 1.85. The first-order valence-corrected chi connectivity index (χ1v) is 9.46. The maximum atomic E-state index is 13.9. The van der Waals surface area contributed by atoms with Crippen molar-refractivity contribution in [2.24, 2.45) is 0 Å². The van der Waals surface area contributed by atoms with Gasteiger partial charge in [-0.2, -0.15) is 0 Å². The third-order valence-electron chi connectivity index (χ3n) is 4.95. The molecule has 4 nitrogen and oxygen atoms in total. The third-order valence-corrected chi connectivity index (χ3v) is 6.09. The summed E-state index contributed by atoms with van der Waals surface area (Å²) in [6, 6.07) is 14.5. The Hall–Kier alpha value is -2.73. The lowest BCUT2D eigenvalue weighted by atomic mass is 10.2. The standard InChI is InChI=1S/C20H16FN3OS/c21-13-5-3-7-14-12(13)11-16(22-14)20(25)24-10-4-8-17(24)19-23-15-6-1-2-9-18(15)26-19/h1-3,5-7,9,11,17,22H,4,8,10H2. The Kier molecular flexibility index (Phi) is 3.53. The van der Waals surface area contributed by atoms with Crippen LogP contribution in [0.15, 0.2) is 48.5 Å². The van der Waals surface area contributed by atoms with E-state index in [1.54, 1.807) is 29.5 Å². The summed E-state index contributed by atoms with van der Waals surface area (Å²) in [5.74, 6) is -0.413. The van der Waals surface area contributed by atoms with E-state index in [1.165, 1.54) is 6.07 Å². The maximum Gasteiger partial charge on any atom is 0.270 e. The number of aromatic nitrogens is 2. The number of likely N-dealkylation sites (tertiary alicyclic amines) is 1. The molecule has 1 saturated heterocycles. The Morgan fingerprint density at radius 1 is 1.23 bits per heavy atom. The fourth-order valence-corrected chi connectivity index (χ4v) is 4.80. The monoisotopic (exact) mass is 365 g/mol. The van der Waals surface area contributed by atoms with Gasteiger partial charge in [-0.25, -0.2) is 9.37 Å². The van der Waals surface area contributed by atoms with Gasteiger partial charge in [-0.05, 0) is 43.2 Å². The van der Waals surface area contributed by atoms with Crippen LogP contribution in [0.3, 0.4) is 0 Å². The van der Waals surface area contributed by atoms with Gasteiger partial charge >= 0.3 is 0 Å². The minimum absolute atomic E-state index is 0.0174. The van der Waals surface area contributed by atoms with Crippen molar-refractivity contribution >= 4 is 38.4 Å². The lowest BCUT2D eigenvalue weighted by molar-refractivity contribution is 0.0730. The molecule has 2 aromatic heterocycles. The quantitative estimate of drug-likeness (QED) is 0.550. The second-order valence-corrected chi connectivity index (χ2v) is 7.62. The molecule has 0 aliphatic carbocycles. The summed E-state index contributed by atoms with van der Waals surface area (Å²) in [7, 11) is 0. The van der Waals surface area contributed by atoms with Crippen LogP contribution in [0, 0.1) is 5.82 Å². The minimum Gasteiger partial charge on any atom is -0.350 e. The van der Waals surface area contributed by atoms with Gasteiger partial charge in [0.25, 0.3) is 5.91 Å². The fraction of sp³-hybridized carbons (Fsp3) is 0.200. The zero-order chi connectivity index (χ0) is 17.7. The van der Waals surface area contributed by atoms with Crippen LogP contribution >= 0.6 is 11.3 Å². The predicted molar refractivity (Wildman–Crippen MR) is 101 cm³/mol. The Labute approximate surface area is 153 Å². The zero-order valence-corrected chi connectivity index (χ0v) is 14.7. The summed E-state index contributed by atoms with van der Waals surface area (Å²) >= 11 is 1.64. The molecule has 0 spiro atoms. The summed E-state index contributed by atoms with van der Waals surface area (Å²) in [5, 5.41) is 1.42. The van der Waals surface area contributed by atoms with E-state index in [-0.39, 0.29) is 17.8 Å². The number of carbonyl (C=O) groups is 1. The highest BCUT2D eigenvalue weighted by molar-refractivity contribution is 7.18. The first-order valence-electron chi connectivity index (χ1n) is 8.64. The molecule has 1 fully saturated rings. The highest BCUT2D eigenvalue weighted by atomic mass is 32.1. The summed E-state index contributed by atoms with van der Waals surface area (Å²) < 4.78 is 15.1. The highest BCUT2D eigenvalue weighted by Gasteiger charge is 2.33. The van der Waals surface area contributed by atoms with Crippen molar-refractivity contribution in [3.63, 3.8) is 0 Å². The molecule has 0 bridgehead atoms. The van der Waals surface area contributed by atoms with Gasteiger partial charge in [0.2, 0.25) is 0 Å². The van der Waals surface area contributed by atoms with Gasteiger partial charge in [-0.15, -0.1) is 11.3 Å². The Morgan fingerprint density at radius 2 is 2.12 bits per heavy atom. The molecule has 5 rings (SSSR count). The van der Waals surface area contributed by atoms with Crippen molar-refractivity contribution < 1.29 is 9.18 Å². The number of hydrogen-bond acceptors (Lipinski definition) is 3. The number of aromatic amines is 1. The maximum absolute atomic E-state index is 13.9. The Morgan fingerprint density at radius 3 is 2.96 bits per heavy atom. The van der Waals surface area contributed by atoms with Crippen LogP contribution in [0.2, 0.25) is 0 Å². The van der Waals surface area contributed by atoms with E-state index in [4.69, 9.17) is 4.98 Å². The number of nitrogens with one attached hydrogen (secondary N) is 1. The number of fused-ring (bicyclic) bond motifs is 2. The fourth-order valence-electron chi connectivity index (χ4n) is 3.69. The number of carbonyl (C=O) groups excluding carboxylic acids is 1. The average Bonchev–Trinajstić information content (AvgIpc) is 3.37. The van der Waals surface area contributed by atoms with Crippen molar-refractivity contribution in [2.45, 2.75) is 18.9 Å². The predicted octanol–water partition coefficient (Wildman–Crippen LogP) is 4.89. The van der Waals surface area contributed by atoms with Gasteiger partial charge in [0.1, 0.15) is 16.5 Å². The molecule has 6 heteroatoms. The molecule has 0 radical (unpaired) electrons. The van der Waals surface area contributed by atoms with Gasteiger partial charge in [-0.3, -0.25) is 4.79 Å². The van der Waals surface area contributed by atoms with E-state index < -0.39 is 0 Å². The number of thiazole rings is 1. The molecular weight excluding hydrogens is 349 g/mol. The van der Waals surface area contributed by atoms with Crippen LogP contribution in [-0.4, -0.2) is 27.3 Å². The molecule has 2 aromatic carbocycles. The summed E-state index contributed by atoms with van der Waals surface area (Å²) in [4.78, 5) is 22.7. The van der Waals surface area contributed by atoms with Gasteiger partial charge in [0.05, 0.1) is 16.3 Å². The second kappa shape index (κ2) is 5.92. The van der Waals surface area contributed by atoms with Crippen molar-refractivity contribution in [3.05, 3.63) is 65.0 Å². The molecule has 1 aliphatic heterocycles. The second-order valence-electron chi connectivity index (χ2n) is 6.56. The Balaban J connectivity index is 1.51. The number of hydrogen-bond donors (Lipinski definition) is 1. The number of nitrogens with zero attached hydrogens (tertiary/aromatic N) is 2. The van der Waals surface area contributed by atoms with E-state index >= 15 is 0 Å². The molecule has 0 saturated carbocycles. The number of H-pyrrole nitrogens is 1. The molecule has 1 aliphatic rings. The molecule has 3 heterocycles. The largest absolute Gasteiger partial charge is 0.350 e. The van der Waals surface area contributed by atoms with Crippen LogP contribution in [0.25, 0.3) is 21.1 Å². The molecule has 1 N–H and O–H groups in total. The lowest BCUT2D eigenvalue weighted by Gasteiger charge is -2.22. The van der Waals surface area contributed by atoms with Crippen molar-refractivity contribution in [2.75, 3.05) is 6.54 Å². The average molecular weight is 365 g/mol. The van der Waals surface area contributed by atoms with E-state index in [2.05, 4.69) is 11.1 Å². The van der Waals surface area contributed by atoms with Crippen LogP contribution in [0.5, 0.6) is 0 Å². The first-order chi connectivity index (χ1) is 12.7. The van der Waals surface area contributed by atoms with E-state index in [9.17, 15) is 9.18 Å².